The van der Waals surface area contributed by atoms with E-state index < -0.39 is 0 Å². The lowest BCUT2D eigenvalue weighted by atomic mass is 10.2. The Morgan fingerprint density at radius 2 is 1.62 bits per heavy atom. The van der Waals surface area contributed by atoms with Crippen molar-refractivity contribution in [2.45, 2.75) is 12.1 Å². The Balaban J connectivity index is 1.29. The van der Waals surface area contributed by atoms with Crippen LogP contribution in [0.4, 0.5) is 5.69 Å². The van der Waals surface area contributed by atoms with Gasteiger partial charge in [-0.15, -0.1) is 0 Å². The Morgan fingerprint density at radius 1 is 0.919 bits per heavy atom. The van der Waals surface area contributed by atoms with Gasteiger partial charge in [0.05, 0.1) is 11.4 Å². The lowest BCUT2D eigenvalue weighted by Crippen LogP contribution is -2.49. The van der Waals surface area contributed by atoms with E-state index in [1.807, 2.05) is 78.6 Å². The van der Waals surface area contributed by atoms with Crippen molar-refractivity contribution in [1.82, 2.24) is 19.4 Å². The van der Waals surface area contributed by atoms with Crippen molar-refractivity contribution >= 4 is 45.3 Å². The molecule has 8 heteroatoms. The van der Waals surface area contributed by atoms with Gasteiger partial charge in [-0.05, 0) is 36.8 Å². The number of fused-ring (bicyclic) bond motifs is 3. The summed E-state index contributed by atoms with van der Waals surface area (Å²) in [6, 6.07) is 25.8. The number of hydrogen-bond acceptors (Lipinski definition) is 5. The van der Waals surface area contributed by atoms with Crippen LogP contribution in [0.5, 0.6) is 0 Å². The number of nitrogens with zero attached hydrogens (tertiary/aromatic N) is 4. The second-order valence-electron chi connectivity index (χ2n) is 9.21. The third-order valence-corrected chi connectivity index (χ3v) is 7.85. The molecule has 1 saturated heterocycles. The molecule has 1 aliphatic heterocycles. The largest absolute Gasteiger partial charge is 0.368 e. The van der Waals surface area contributed by atoms with E-state index in [9.17, 15) is 9.59 Å². The van der Waals surface area contributed by atoms with Gasteiger partial charge in [-0.3, -0.25) is 14.2 Å². The first-order valence-corrected chi connectivity index (χ1v) is 13.4. The first-order valence-electron chi connectivity index (χ1n) is 12.4. The van der Waals surface area contributed by atoms with Gasteiger partial charge in [-0.2, -0.15) is 0 Å². The summed E-state index contributed by atoms with van der Waals surface area (Å²) in [5.41, 5.74) is 4.73. The molecule has 1 fully saturated rings. The summed E-state index contributed by atoms with van der Waals surface area (Å²) in [6.45, 7) is 4.92. The van der Waals surface area contributed by atoms with Crippen molar-refractivity contribution in [2.75, 3.05) is 36.8 Å². The van der Waals surface area contributed by atoms with Crippen LogP contribution in [0.2, 0.25) is 0 Å². The smallest absolute Gasteiger partial charge is 0.283 e. The second kappa shape index (κ2) is 9.78. The first-order chi connectivity index (χ1) is 18.1. The maximum absolute atomic E-state index is 13.8. The van der Waals surface area contributed by atoms with Crippen molar-refractivity contribution in [3.8, 4) is 5.69 Å². The minimum Gasteiger partial charge on any atom is -0.368 e. The Kier molecular flexibility index (Phi) is 6.18. The van der Waals surface area contributed by atoms with Crippen LogP contribution < -0.4 is 10.5 Å². The Bertz CT molecular complexity index is 1650. The molecule has 186 valence electrons. The molecule has 2 aromatic heterocycles. The topological polar surface area (TPSA) is 74.2 Å². The zero-order valence-corrected chi connectivity index (χ0v) is 21.4. The van der Waals surface area contributed by atoms with E-state index in [1.54, 1.807) is 4.57 Å². The summed E-state index contributed by atoms with van der Waals surface area (Å²) >= 11 is 1.32. The second-order valence-corrected chi connectivity index (χ2v) is 10.2. The monoisotopic (exact) mass is 509 g/mol. The number of aromatic nitrogens is 3. The molecule has 5 aromatic rings. The number of carbonyl (C=O) groups excluding carboxylic acids is 1. The molecule has 0 spiro atoms. The molecule has 0 bridgehead atoms. The van der Waals surface area contributed by atoms with E-state index >= 15 is 0 Å². The molecule has 6 rings (SSSR count). The van der Waals surface area contributed by atoms with E-state index in [1.165, 1.54) is 17.4 Å². The molecular formula is C29H27N5O2S. The number of H-pyrrole nitrogens is 1. The molecule has 0 radical (unpaired) electrons. The molecule has 1 N–H and O–H groups in total. The number of benzene rings is 3. The zero-order chi connectivity index (χ0) is 25.4. The van der Waals surface area contributed by atoms with Gasteiger partial charge < -0.3 is 14.8 Å². The fourth-order valence-electron chi connectivity index (χ4n) is 4.94. The highest BCUT2D eigenvalue weighted by Crippen LogP contribution is 2.27. The van der Waals surface area contributed by atoms with Crippen LogP contribution >= 0.6 is 11.8 Å². The SMILES string of the molecule is Cc1ccccc1-n1c(SCC(=O)N2CCN(c3ccccc3)CC2)nc2c([nH]c3ccccc32)c1=O. The normalized spacial score (nSPS) is 14.0. The Labute approximate surface area is 218 Å². The lowest BCUT2D eigenvalue weighted by molar-refractivity contribution is -0.128. The van der Waals surface area contributed by atoms with Gasteiger partial charge in [0.1, 0.15) is 11.0 Å². The van der Waals surface area contributed by atoms with Crippen LogP contribution in [-0.4, -0.2) is 57.3 Å². The van der Waals surface area contributed by atoms with Crippen LogP contribution in [-0.2, 0) is 4.79 Å². The quantitative estimate of drug-likeness (QED) is 0.277. The predicted octanol–water partition coefficient (Wildman–Crippen LogP) is 4.62. The summed E-state index contributed by atoms with van der Waals surface area (Å²) < 4.78 is 1.64. The number of thioether (sulfide) groups is 1. The molecule has 1 amide bonds. The fourth-order valence-corrected chi connectivity index (χ4v) is 5.84. The number of aryl methyl sites for hydroxylation is 1. The van der Waals surface area contributed by atoms with Gasteiger partial charge in [0.2, 0.25) is 5.91 Å². The standard InChI is InChI=1S/C29H27N5O2S/c1-20-9-5-8-14-24(20)34-28(36)27-26(22-12-6-7-13-23(22)30-27)31-29(34)37-19-25(35)33-17-15-32(16-18-33)21-10-3-2-4-11-21/h2-14,30H,15-19H2,1H3. The molecule has 37 heavy (non-hydrogen) atoms. The first kappa shape index (κ1) is 23.4. The zero-order valence-electron chi connectivity index (χ0n) is 20.6. The third kappa shape index (κ3) is 4.38. The van der Waals surface area contributed by atoms with Crippen molar-refractivity contribution in [1.29, 1.82) is 0 Å². The van der Waals surface area contributed by atoms with Gasteiger partial charge in [0, 0.05) is 42.8 Å². The van der Waals surface area contributed by atoms with Crippen LogP contribution in [0.15, 0.2) is 88.8 Å². The summed E-state index contributed by atoms with van der Waals surface area (Å²) in [5.74, 6) is 0.277. The van der Waals surface area contributed by atoms with Crippen LogP contribution in [0.1, 0.15) is 5.56 Å². The molecule has 0 unspecified atom stereocenters. The Hall–Kier alpha value is -4.04. The van der Waals surface area contributed by atoms with E-state index in [4.69, 9.17) is 4.98 Å². The number of rotatable bonds is 5. The van der Waals surface area contributed by atoms with Crippen molar-refractivity contribution in [3.05, 3.63) is 94.8 Å². The number of para-hydroxylation sites is 3. The molecule has 3 aromatic carbocycles. The third-order valence-electron chi connectivity index (χ3n) is 6.93. The van der Waals surface area contributed by atoms with Crippen molar-refractivity contribution < 1.29 is 4.79 Å². The number of anilines is 1. The van der Waals surface area contributed by atoms with E-state index in [2.05, 4.69) is 22.0 Å². The van der Waals surface area contributed by atoms with Crippen molar-refractivity contribution in [2.24, 2.45) is 0 Å². The number of aromatic amines is 1. The summed E-state index contributed by atoms with van der Waals surface area (Å²) in [5, 5.41) is 1.42. The highest BCUT2D eigenvalue weighted by molar-refractivity contribution is 7.99. The molecule has 0 saturated carbocycles. The van der Waals surface area contributed by atoms with Crippen LogP contribution in [0.25, 0.3) is 27.6 Å². The maximum Gasteiger partial charge on any atom is 0.283 e. The molecule has 3 heterocycles. The van der Waals surface area contributed by atoms with E-state index in [0.29, 0.717) is 29.3 Å². The van der Waals surface area contributed by atoms with Crippen LogP contribution in [0.3, 0.4) is 0 Å². The molecule has 0 aliphatic carbocycles. The van der Waals surface area contributed by atoms with E-state index in [0.717, 1.165) is 35.2 Å². The summed E-state index contributed by atoms with van der Waals surface area (Å²) in [6.07, 6.45) is 0. The van der Waals surface area contributed by atoms with Gasteiger partial charge in [-0.1, -0.05) is 66.4 Å². The Morgan fingerprint density at radius 3 is 2.41 bits per heavy atom. The summed E-state index contributed by atoms with van der Waals surface area (Å²) in [4.78, 5) is 39.4. The predicted molar refractivity (Wildman–Crippen MR) is 150 cm³/mol. The van der Waals surface area contributed by atoms with Crippen molar-refractivity contribution in [3.63, 3.8) is 0 Å². The molecule has 7 nitrogen and oxygen atoms in total. The molecule has 1 aliphatic rings. The average molecular weight is 510 g/mol. The van der Waals surface area contributed by atoms with Crippen LogP contribution in [0, 0.1) is 6.92 Å². The minimum absolute atomic E-state index is 0.0577. The molecular weight excluding hydrogens is 482 g/mol. The average Bonchev–Trinajstić information content (AvgIpc) is 3.32. The number of amides is 1. The highest BCUT2D eigenvalue weighted by atomic mass is 32.2. The number of hydrogen-bond donors (Lipinski definition) is 1. The highest BCUT2D eigenvalue weighted by Gasteiger charge is 2.23. The minimum atomic E-state index is -0.165. The van der Waals surface area contributed by atoms with Gasteiger partial charge >= 0.3 is 0 Å². The number of piperazine rings is 1. The summed E-state index contributed by atoms with van der Waals surface area (Å²) in [7, 11) is 0. The van der Waals surface area contributed by atoms with E-state index in [-0.39, 0.29) is 17.2 Å². The molecule has 0 atom stereocenters. The number of nitrogens with one attached hydrogen (secondary N) is 1. The van der Waals surface area contributed by atoms with Gasteiger partial charge in [0.25, 0.3) is 5.56 Å². The van der Waals surface area contributed by atoms with Gasteiger partial charge in [0.15, 0.2) is 5.16 Å². The van der Waals surface area contributed by atoms with Gasteiger partial charge in [-0.25, -0.2) is 4.98 Å². The fraction of sp³-hybridized carbons (Fsp3) is 0.207. The maximum atomic E-state index is 13.8. The number of carbonyl (C=O) groups is 1. The lowest BCUT2D eigenvalue weighted by Gasteiger charge is -2.36.